The van der Waals surface area contributed by atoms with Crippen LogP contribution in [0.15, 0.2) is 41.6 Å². The van der Waals surface area contributed by atoms with E-state index in [1.165, 1.54) is 0 Å². The minimum absolute atomic E-state index is 0.369. The maximum absolute atomic E-state index is 11.1. The summed E-state index contributed by atoms with van der Waals surface area (Å²) in [6.07, 6.45) is 2.45. The second-order valence-corrected chi connectivity index (χ2v) is 4.00. The Labute approximate surface area is 102 Å². The van der Waals surface area contributed by atoms with Gasteiger partial charge in [-0.2, -0.15) is 0 Å². The van der Waals surface area contributed by atoms with E-state index in [2.05, 4.69) is 5.73 Å². The summed E-state index contributed by atoms with van der Waals surface area (Å²) in [7, 11) is 0. The Morgan fingerprint density at radius 1 is 1.29 bits per heavy atom. The maximum atomic E-state index is 11.1. The van der Waals surface area contributed by atoms with Gasteiger partial charge in [-0.05, 0) is 30.9 Å². The number of unbranched alkanes of at least 4 members (excludes halogenated alkanes) is 1. The van der Waals surface area contributed by atoms with E-state index in [0.717, 1.165) is 24.0 Å². The highest BCUT2D eigenvalue weighted by Gasteiger charge is 2.06. The Bertz CT molecular complexity index is 437. The van der Waals surface area contributed by atoms with Crippen molar-refractivity contribution in [2.75, 3.05) is 0 Å². The predicted octanol–water partition coefficient (Wildman–Crippen LogP) is 3.89. The smallest absolute Gasteiger partial charge is 0.339 e. The summed E-state index contributed by atoms with van der Waals surface area (Å²) in [6.45, 7) is 3.94. The molecule has 0 saturated heterocycles. The van der Waals surface area contributed by atoms with E-state index in [1.807, 2.05) is 44.2 Å². The number of hydrogen-bond donors (Lipinski definition) is 1. The van der Waals surface area contributed by atoms with Gasteiger partial charge in [0, 0.05) is 0 Å². The van der Waals surface area contributed by atoms with Crippen molar-refractivity contribution in [3.8, 4) is 0 Å². The molecule has 1 aromatic rings. The number of rotatable bonds is 5. The van der Waals surface area contributed by atoms with Gasteiger partial charge < -0.3 is 5.11 Å². The zero-order valence-electron chi connectivity index (χ0n) is 10.4. The molecule has 0 heterocycles. The van der Waals surface area contributed by atoms with Gasteiger partial charge in [0.1, 0.15) is 0 Å². The van der Waals surface area contributed by atoms with Crippen LogP contribution < -0.4 is 0 Å². The maximum Gasteiger partial charge on any atom is 0.339 e. The lowest BCUT2D eigenvalue weighted by molar-refractivity contribution is -0.132. The highest BCUT2D eigenvalue weighted by Crippen LogP contribution is 2.14. The van der Waals surface area contributed by atoms with Gasteiger partial charge in [-0.3, -0.25) is 0 Å². The van der Waals surface area contributed by atoms with E-state index in [-0.39, 0.29) is 0 Å². The third-order valence-electron chi connectivity index (χ3n) is 2.58. The number of carbonyl (C=O) groups is 1. The fraction of sp³-hybridized carbons (Fsp3) is 0.333. The lowest BCUT2D eigenvalue weighted by atomic mass is 10.0. The van der Waals surface area contributed by atoms with Crippen molar-refractivity contribution >= 4 is 11.5 Å². The molecule has 0 unspecified atom stereocenters. The fourth-order valence-electron chi connectivity index (χ4n) is 1.56. The van der Waals surface area contributed by atoms with Gasteiger partial charge in [0.25, 0.3) is 0 Å². The van der Waals surface area contributed by atoms with Gasteiger partial charge >= 0.3 is 5.97 Å². The van der Waals surface area contributed by atoms with Crippen molar-refractivity contribution in [2.24, 2.45) is 0 Å². The molecule has 0 aliphatic heterocycles. The van der Waals surface area contributed by atoms with Crippen LogP contribution in [0.5, 0.6) is 0 Å². The largest absolute Gasteiger partial charge is 0.477 e. The van der Waals surface area contributed by atoms with Crippen molar-refractivity contribution in [2.45, 2.75) is 33.1 Å². The lowest BCUT2D eigenvalue weighted by Gasteiger charge is -2.00. The molecule has 1 aromatic carbocycles. The minimum atomic E-state index is -0.867. The Balaban J connectivity index is 3.05. The molecule has 0 bridgehead atoms. The molecule has 0 fully saturated rings. The number of aliphatic carboxylic acids is 1. The molecular formula is C15H18O2. The highest BCUT2D eigenvalue weighted by atomic mass is 16.4. The average Bonchev–Trinajstić information content (AvgIpc) is 2.35. The third kappa shape index (κ3) is 4.29. The molecule has 0 saturated carbocycles. The molecule has 0 aliphatic carbocycles. The SMILES string of the molecule is CCCCC(=C=C(C)c1ccccc1)C(=O)O. The van der Waals surface area contributed by atoms with Gasteiger partial charge in [-0.25, -0.2) is 4.79 Å². The van der Waals surface area contributed by atoms with Crippen LogP contribution in [0.1, 0.15) is 38.7 Å². The highest BCUT2D eigenvalue weighted by molar-refractivity contribution is 5.87. The predicted molar refractivity (Wildman–Crippen MR) is 69.7 cm³/mol. The van der Waals surface area contributed by atoms with Crippen LogP contribution in [0.25, 0.3) is 5.57 Å². The zero-order valence-corrected chi connectivity index (χ0v) is 10.4. The normalized spacial score (nSPS) is 9.53. The number of carboxylic acid groups (broad SMARTS) is 1. The number of carboxylic acids is 1. The van der Waals surface area contributed by atoms with Crippen molar-refractivity contribution in [3.63, 3.8) is 0 Å². The van der Waals surface area contributed by atoms with Crippen LogP contribution in [0.2, 0.25) is 0 Å². The van der Waals surface area contributed by atoms with Crippen molar-refractivity contribution < 1.29 is 9.90 Å². The van der Waals surface area contributed by atoms with E-state index in [1.54, 1.807) is 0 Å². The summed E-state index contributed by atoms with van der Waals surface area (Å²) in [4.78, 5) is 11.1. The molecule has 0 amide bonds. The minimum Gasteiger partial charge on any atom is -0.477 e. The molecule has 17 heavy (non-hydrogen) atoms. The molecule has 1 N–H and O–H groups in total. The molecule has 90 valence electrons. The number of hydrogen-bond acceptors (Lipinski definition) is 1. The van der Waals surface area contributed by atoms with E-state index >= 15 is 0 Å². The van der Waals surface area contributed by atoms with Crippen molar-refractivity contribution in [1.82, 2.24) is 0 Å². The molecular weight excluding hydrogens is 212 g/mol. The molecule has 2 nitrogen and oxygen atoms in total. The number of benzene rings is 1. The first kappa shape index (κ1) is 13.3. The van der Waals surface area contributed by atoms with Crippen LogP contribution in [-0.4, -0.2) is 11.1 Å². The van der Waals surface area contributed by atoms with Crippen LogP contribution in [0.4, 0.5) is 0 Å². The first-order valence-electron chi connectivity index (χ1n) is 5.90. The van der Waals surface area contributed by atoms with Gasteiger partial charge in [0.2, 0.25) is 0 Å². The lowest BCUT2D eigenvalue weighted by Crippen LogP contribution is -1.99. The summed E-state index contributed by atoms with van der Waals surface area (Å²) in [6, 6.07) is 9.74. The fourth-order valence-corrected chi connectivity index (χ4v) is 1.56. The molecule has 0 aromatic heterocycles. The van der Waals surface area contributed by atoms with Crippen LogP contribution in [0.3, 0.4) is 0 Å². The first-order chi connectivity index (χ1) is 8.15. The van der Waals surface area contributed by atoms with Crippen LogP contribution in [0, 0.1) is 0 Å². The molecule has 2 heteroatoms. The standard InChI is InChI=1S/C15H18O2/c1-3-4-8-14(15(16)17)11-12(2)13-9-6-5-7-10-13/h5-7,9-10H,3-4,8H2,1-2H3,(H,16,17). The Hall–Kier alpha value is -1.79. The second-order valence-electron chi connectivity index (χ2n) is 4.00. The zero-order chi connectivity index (χ0) is 12.7. The summed E-state index contributed by atoms with van der Waals surface area (Å²) in [5.41, 5.74) is 5.26. The van der Waals surface area contributed by atoms with Gasteiger partial charge in [0.15, 0.2) is 0 Å². The topological polar surface area (TPSA) is 37.3 Å². The van der Waals surface area contributed by atoms with Crippen LogP contribution in [-0.2, 0) is 4.79 Å². The molecule has 1 rings (SSSR count). The van der Waals surface area contributed by atoms with Gasteiger partial charge in [-0.15, -0.1) is 5.73 Å². The van der Waals surface area contributed by atoms with Gasteiger partial charge in [-0.1, -0.05) is 43.7 Å². The van der Waals surface area contributed by atoms with E-state index in [0.29, 0.717) is 12.0 Å². The van der Waals surface area contributed by atoms with E-state index < -0.39 is 5.97 Å². The quantitative estimate of drug-likeness (QED) is 0.615. The van der Waals surface area contributed by atoms with E-state index in [9.17, 15) is 4.79 Å². The molecule has 0 radical (unpaired) electrons. The average molecular weight is 230 g/mol. The molecule has 0 atom stereocenters. The molecule has 0 aliphatic rings. The Morgan fingerprint density at radius 3 is 2.47 bits per heavy atom. The van der Waals surface area contributed by atoms with E-state index in [4.69, 9.17) is 5.11 Å². The Morgan fingerprint density at radius 2 is 1.94 bits per heavy atom. The summed E-state index contributed by atoms with van der Waals surface area (Å²) < 4.78 is 0. The third-order valence-corrected chi connectivity index (χ3v) is 2.58. The Kier molecular flexibility index (Phi) is 5.25. The summed E-state index contributed by atoms with van der Waals surface area (Å²) in [5.74, 6) is -0.867. The summed E-state index contributed by atoms with van der Waals surface area (Å²) in [5, 5.41) is 9.08. The van der Waals surface area contributed by atoms with Crippen molar-refractivity contribution in [3.05, 3.63) is 47.2 Å². The molecule has 0 spiro atoms. The first-order valence-corrected chi connectivity index (χ1v) is 5.90. The van der Waals surface area contributed by atoms with Gasteiger partial charge in [0.05, 0.1) is 5.57 Å². The van der Waals surface area contributed by atoms with Crippen LogP contribution >= 0.6 is 0 Å². The van der Waals surface area contributed by atoms with Crippen molar-refractivity contribution in [1.29, 1.82) is 0 Å². The monoisotopic (exact) mass is 230 g/mol. The summed E-state index contributed by atoms with van der Waals surface area (Å²) >= 11 is 0. The second kappa shape index (κ2) is 6.72.